The van der Waals surface area contributed by atoms with Crippen LogP contribution >= 0.6 is 0 Å². The molecule has 94 valence electrons. The van der Waals surface area contributed by atoms with E-state index < -0.39 is 0 Å². The first-order chi connectivity index (χ1) is 8.60. The van der Waals surface area contributed by atoms with Gasteiger partial charge in [-0.3, -0.25) is 9.69 Å². The van der Waals surface area contributed by atoms with Crippen LogP contribution in [-0.4, -0.2) is 23.9 Å². The van der Waals surface area contributed by atoms with Crippen LogP contribution in [-0.2, 0) is 17.8 Å². The highest BCUT2D eigenvalue weighted by Crippen LogP contribution is 2.24. The molecule has 4 nitrogen and oxygen atoms in total. The first kappa shape index (κ1) is 12.6. The maximum atomic E-state index is 11.3. The number of carbonyl (C=O) groups excluding carboxylic acids is 1. The first-order valence-corrected chi connectivity index (χ1v) is 6.11. The van der Waals surface area contributed by atoms with Gasteiger partial charge in [-0.2, -0.15) is 5.26 Å². The molecule has 1 aromatic rings. The summed E-state index contributed by atoms with van der Waals surface area (Å²) >= 11 is 0. The molecule has 4 heteroatoms. The van der Waals surface area contributed by atoms with Gasteiger partial charge in [0.05, 0.1) is 12.1 Å². The Balaban J connectivity index is 2.12. The van der Waals surface area contributed by atoms with Crippen molar-refractivity contribution in [2.45, 2.75) is 32.4 Å². The molecule has 1 aliphatic rings. The van der Waals surface area contributed by atoms with Crippen molar-refractivity contribution in [3.8, 4) is 6.07 Å². The second kappa shape index (κ2) is 5.19. The van der Waals surface area contributed by atoms with Crippen LogP contribution in [0.2, 0.25) is 0 Å². The minimum Gasteiger partial charge on any atom is -0.326 e. The Morgan fingerprint density at radius 2 is 2.28 bits per heavy atom. The van der Waals surface area contributed by atoms with E-state index in [0.29, 0.717) is 6.42 Å². The van der Waals surface area contributed by atoms with E-state index in [-0.39, 0.29) is 11.9 Å². The minimum absolute atomic E-state index is 0.0884. The van der Waals surface area contributed by atoms with Gasteiger partial charge in [0.25, 0.3) is 0 Å². The van der Waals surface area contributed by atoms with Crippen molar-refractivity contribution in [3.05, 3.63) is 29.3 Å². The molecule has 1 heterocycles. The molecule has 0 spiro atoms. The van der Waals surface area contributed by atoms with Gasteiger partial charge in [-0.1, -0.05) is 12.1 Å². The topological polar surface area (TPSA) is 56.1 Å². The summed E-state index contributed by atoms with van der Waals surface area (Å²) in [6.07, 6.45) is 1.35. The van der Waals surface area contributed by atoms with Gasteiger partial charge >= 0.3 is 0 Å². The Morgan fingerprint density at radius 3 is 3.00 bits per heavy atom. The molecule has 0 bridgehead atoms. The van der Waals surface area contributed by atoms with Gasteiger partial charge in [0.2, 0.25) is 5.91 Å². The van der Waals surface area contributed by atoms with Crippen LogP contribution < -0.4 is 5.32 Å². The van der Waals surface area contributed by atoms with Crippen LogP contribution in [0.1, 0.15) is 24.5 Å². The highest BCUT2D eigenvalue weighted by Gasteiger charge is 2.15. The molecule has 0 radical (unpaired) electrons. The van der Waals surface area contributed by atoms with E-state index in [4.69, 9.17) is 5.26 Å². The van der Waals surface area contributed by atoms with Crippen molar-refractivity contribution in [2.24, 2.45) is 0 Å². The molecule has 1 aromatic carbocycles. The molecule has 0 saturated carbocycles. The number of nitrogens with zero attached hydrogens (tertiary/aromatic N) is 2. The number of nitriles is 1. The lowest BCUT2D eigenvalue weighted by Crippen LogP contribution is -2.27. The Kier molecular flexibility index (Phi) is 3.63. The van der Waals surface area contributed by atoms with Crippen molar-refractivity contribution < 1.29 is 4.79 Å². The highest BCUT2D eigenvalue weighted by atomic mass is 16.1. The van der Waals surface area contributed by atoms with E-state index in [1.807, 2.05) is 31.0 Å². The van der Waals surface area contributed by atoms with E-state index in [2.05, 4.69) is 17.5 Å². The quantitative estimate of drug-likeness (QED) is 0.882. The van der Waals surface area contributed by atoms with Crippen molar-refractivity contribution in [2.75, 3.05) is 12.4 Å². The molecule has 2 rings (SSSR count). The fourth-order valence-corrected chi connectivity index (χ4v) is 2.06. The standard InChI is InChI=1S/C14H17N3O/c1-10(8-15)17(2)9-11-3-5-13-12(7-11)4-6-14(18)16-13/h3,5,7,10H,4,6,9H2,1-2H3,(H,16,18). The minimum atomic E-state index is -0.0965. The summed E-state index contributed by atoms with van der Waals surface area (Å²) < 4.78 is 0. The molecule has 1 amide bonds. The van der Waals surface area contributed by atoms with Gasteiger partial charge in [-0.15, -0.1) is 0 Å². The zero-order chi connectivity index (χ0) is 13.1. The van der Waals surface area contributed by atoms with Crippen molar-refractivity contribution in [1.82, 2.24) is 4.90 Å². The lowest BCUT2D eigenvalue weighted by atomic mass is 10.00. The zero-order valence-corrected chi connectivity index (χ0v) is 10.7. The highest BCUT2D eigenvalue weighted by molar-refractivity contribution is 5.93. The number of carbonyl (C=O) groups is 1. The summed E-state index contributed by atoms with van der Waals surface area (Å²) in [5.41, 5.74) is 3.28. The summed E-state index contributed by atoms with van der Waals surface area (Å²) in [6.45, 7) is 2.63. The zero-order valence-electron chi connectivity index (χ0n) is 10.7. The van der Waals surface area contributed by atoms with Crippen LogP contribution in [0.3, 0.4) is 0 Å². The summed E-state index contributed by atoms with van der Waals surface area (Å²) in [5, 5.41) is 11.7. The number of amides is 1. The molecule has 18 heavy (non-hydrogen) atoms. The number of benzene rings is 1. The Labute approximate surface area is 107 Å². The molecular weight excluding hydrogens is 226 g/mol. The second-order valence-corrected chi connectivity index (χ2v) is 4.76. The third-order valence-corrected chi connectivity index (χ3v) is 3.35. The summed E-state index contributed by atoms with van der Waals surface area (Å²) in [6, 6.07) is 8.20. The van der Waals surface area contributed by atoms with Crippen molar-refractivity contribution in [3.63, 3.8) is 0 Å². The monoisotopic (exact) mass is 243 g/mol. The summed E-state index contributed by atoms with van der Waals surface area (Å²) in [7, 11) is 1.94. The lowest BCUT2D eigenvalue weighted by molar-refractivity contribution is -0.116. The van der Waals surface area contributed by atoms with Gasteiger partial charge in [0.1, 0.15) is 0 Å². The van der Waals surface area contributed by atoms with E-state index in [1.54, 1.807) is 0 Å². The van der Waals surface area contributed by atoms with Gasteiger partial charge in [-0.05, 0) is 37.6 Å². The fourth-order valence-electron chi connectivity index (χ4n) is 2.06. The van der Waals surface area contributed by atoms with Crippen LogP contribution in [0, 0.1) is 11.3 Å². The van der Waals surface area contributed by atoms with Crippen molar-refractivity contribution >= 4 is 11.6 Å². The van der Waals surface area contributed by atoms with E-state index in [0.717, 1.165) is 18.7 Å². The van der Waals surface area contributed by atoms with Crippen LogP contribution in [0.4, 0.5) is 5.69 Å². The van der Waals surface area contributed by atoms with Crippen LogP contribution in [0.15, 0.2) is 18.2 Å². The summed E-state index contributed by atoms with van der Waals surface area (Å²) in [5.74, 6) is 0.0884. The number of hydrogen-bond acceptors (Lipinski definition) is 3. The second-order valence-electron chi connectivity index (χ2n) is 4.76. The average Bonchev–Trinajstić information content (AvgIpc) is 2.38. The molecule has 1 aliphatic heterocycles. The molecule has 1 unspecified atom stereocenters. The predicted octanol–water partition coefficient (Wildman–Crippen LogP) is 1.92. The maximum Gasteiger partial charge on any atom is 0.224 e. The van der Waals surface area contributed by atoms with Gasteiger partial charge in [0.15, 0.2) is 0 Å². The predicted molar refractivity (Wildman–Crippen MR) is 69.9 cm³/mol. The number of anilines is 1. The largest absolute Gasteiger partial charge is 0.326 e. The Morgan fingerprint density at radius 1 is 1.50 bits per heavy atom. The Bertz CT molecular complexity index is 504. The number of rotatable bonds is 3. The number of hydrogen-bond donors (Lipinski definition) is 1. The normalized spacial score (nSPS) is 15.8. The smallest absolute Gasteiger partial charge is 0.224 e. The third-order valence-electron chi connectivity index (χ3n) is 3.35. The molecular formula is C14H17N3O. The number of nitrogens with one attached hydrogen (secondary N) is 1. The van der Waals surface area contributed by atoms with E-state index in [9.17, 15) is 4.79 Å². The maximum absolute atomic E-state index is 11.3. The Hall–Kier alpha value is -1.86. The first-order valence-electron chi connectivity index (χ1n) is 6.11. The van der Waals surface area contributed by atoms with Gasteiger partial charge in [-0.25, -0.2) is 0 Å². The van der Waals surface area contributed by atoms with E-state index in [1.165, 1.54) is 11.1 Å². The van der Waals surface area contributed by atoms with Crippen LogP contribution in [0.25, 0.3) is 0 Å². The molecule has 0 fully saturated rings. The summed E-state index contributed by atoms with van der Waals surface area (Å²) in [4.78, 5) is 13.3. The molecule has 1 atom stereocenters. The van der Waals surface area contributed by atoms with Crippen molar-refractivity contribution in [1.29, 1.82) is 5.26 Å². The average molecular weight is 243 g/mol. The van der Waals surface area contributed by atoms with E-state index >= 15 is 0 Å². The fraction of sp³-hybridized carbons (Fsp3) is 0.429. The van der Waals surface area contributed by atoms with Gasteiger partial charge < -0.3 is 5.32 Å². The molecule has 0 aliphatic carbocycles. The number of fused-ring (bicyclic) bond motifs is 1. The SMILES string of the molecule is CC(C#N)N(C)Cc1ccc2c(c1)CCC(=O)N2. The third kappa shape index (κ3) is 2.69. The van der Waals surface area contributed by atoms with Gasteiger partial charge in [0, 0.05) is 18.7 Å². The lowest BCUT2D eigenvalue weighted by Gasteiger charge is -2.21. The molecule has 0 saturated heterocycles. The number of aryl methyl sites for hydroxylation is 1. The molecule has 1 N–H and O–H groups in total. The molecule has 0 aromatic heterocycles. The van der Waals surface area contributed by atoms with Crippen LogP contribution in [0.5, 0.6) is 0 Å².